The topological polar surface area (TPSA) is 108 Å². The Morgan fingerprint density at radius 1 is 1.27 bits per heavy atom. The molecule has 3 fully saturated rings. The zero-order valence-corrected chi connectivity index (χ0v) is 20.1. The average Bonchev–Trinajstić information content (AvgIpc) is 3.26. The van der Waals surface area contributed by atoms with Crippen LogP contribution in [0.25, 0.3) is 0 Å². The van der Waals surface area contributed by atoms with Gasteiger partial charge in [0.1, 0.15) is 11.6 Å². The lowest BCUT2D eigenvalue weighted by molar-refractivity contribution is -0.146. The van der Waals surface area contributed by atoms with E-state index in [1.807, 2.05) is 52.8 Å². The molecule has 3 heterocycles. The highest BCUT2D eigenvalue weighted by Crippen LogP contribution is 2.65. The molecular weight excluding hydrogens is 422 g/mol. The summed E-state index contributed by atoms with van der Waals surface area (Å²) in [5.74, 6) is -2.29. The largest absolute Gasteiger partial charge is 0.395 e. The van der Waals surface area contributed by atoms with Gasteiger partial charge < -0.3 is 25.4 Å². The molecule has 4 rings (SSSR count). The van der Waals surface area contributed by atoms with Crippen molar-refractivity contribution in [2.75, 3.05) is 25.0 Å². The Balaban J connectivity index is 1.74. The number of likely N-dealkylation sites (tertiary alicyclic amines) is 1. The van der Waals surface area contributed by atoms with Crippen molar-refractivity contribution < 1.29 is 24.2 Å². The number of fused-ring (bicyclic) bond motifs is 1. The summed E-state index contributed by atoms with van der Waals surface area (Å²) in [6, 6.07) is 4.88. The van der Waals surface area contributed by atoms with Crippen LogP contribution >= 0.6 is 0 Å². The molecule has 0 aliphatic carbocycles. The summed E-state index contributed by atoms with van der Waals surface area (Å²) >= 11 is 0. The van der Waals surface area contributed by atoms with E-state index in [2.05, 4.69) is 10.6 Å². The Morgan fingerprint density at radius 3 is 2.67 bits per heavy atom. The zero-order chi connectivity index (χ0) is 24.1. The molecule has 8 heteroatoms. The molecule has 3 unspecified atom stereocenters. The van der Waals surface area contributed by atoms with Gasteiger partial charge in [-0.3, -0.25) is 14.4 Å². The molecule has 1 aromatic rings. The molecule has 6 atom stereocenters. The number of carbonyl (C=O) groups excluding carboxylic acids is 3. The number of nitrogens with one attached hydrogen (secondary N) is 2. The first kappa shape index (κ1) is 23.7. The maximum atomic E-state index is 13.7. The predicted molar refractivity (Wildman–Crippen MR) is 123 cm³/mol. The summed E-state index contributed by atoms with van der Waals surface area (Å²) in [5, 5.41) is 15.6. The number of anilines is 1. The van der Waals surface area contributed by atoms with Crippen molar-refractivity contribution in [1.29, 1.82) is 0 Å². The molecule has 0 radical (unpaired) electrons. The molecule has 3 aliphatic rings. The van der Waals surface area contributed by atoms with Crippen LogP contribution in [-0.2, 0) is 19.1 Å². The van der Waals surface area contributed by atoms with Crippen LogP contribution in [0.4, 0.5) is 5.69 Å². The van der Waals surface area contributed by atoms with Crippen LogP contribution in [0.3, 0.4) is 0 Å². The lowest BCUT2D eigenvalue weighted by atomic mass is 9.62. The summed E-state index contributed by atoms with van der Waals surface area (Å²) in [7, 11) is 0. The van der Waals surface area contributed by atoms with Crippen LogP contribution in [0.15, 0.2) is 18.2 Å². The van der Waals surface area contributed by atoms with Crippen molar-refractivity contribution in [3.63, 3.8) is 0 Å². The van der Waals surface area contributed by atoms with Gasteiger partial charge in [-0.05, 0) is 56.7 Å². The minimum atomic E-state index is -1.10. The number of hydrogen-bond acceptors (Lipinski definition) is 5. The van der Waals surface area contributed by atoms with Crippen LogP contribution in [0, 0.1) is 31.6 Å². The van der Waals surface area contributed by atoms with Gasteiger partial charge in [0.25, 0.3) is 0 Å². The number of nitrogens with zero attached hydrogens (tertiary/aromatic N) is 1. The minimum Gasteiger partial charge on any atom is -0.395 e. The van der Waals surface area contributed by atoms with E-state index in [-0.39, 0.29) is 36.8 Å². The highest BCUT2D eigenvalue weighted by molar-refractivity contribution is 6.04. The molecule has 3 aliphatic heterocycles. The Hall–Kier alpha value is -2.45. The fourth-order valence-electron chi connectivity index (χ4n) is 6.22. The summed E-state index contributed by atoms with van der Waals surface area (Å²) in [6.45, 7) is 10.0. The number of amides is 3. The number of carbonyl (C=O) groups is 3. The van der Waals surface area contributed by atoms with Crippen LogP contribution in [0.2, 0.25) is 0 Å². The third-order valence-corrected chi connectivity index (χ3v) is 7.89. The van der Waals surface area contributed by atoms with Crippen molar-refractivity contribution in [2.45, 2.75) is 64.7 Å². The van der Waals surface area contributed by atoms with Gasteiger partial charge in [0.15, 0.2) is 0 Å². The quantitative estimate of drug-likeness (QED) is 0.578. The highest BCUT2D eigenvalue weighted by Gasteiger charge is 2.79. The lowest BCUT2D eigenvalue weighted by Crippen LogP contribution is -2.54. The molecule has 33 heavy (non-hydrogen) atoms. The fourth-order valence-corrected chi connectivity index (χ4v) is 6.22. The highest BCUT2D eigenvalue weighted by atomic mass is 16.5. The van der Waals surface area contributed by atoms with Crippen molar-refractivity contribution in [1.82, 2.24) is 10.2 Å². The van der Waals surface area contributed by atoms with E-state index in [1.54, 1.807) is 0 Å². The molecule has 3 amide bonds. The minimum absolute atomic E-state index is 0.0102. The standard InChI is InChI=1S/C25H35N3O5/c1-6-9-26-21(30)18-19-23(32)28(10-11-29)20(25(19)13-16(4)24(18,5)33-25)22(31)27-17-12-14(2)7-8-15(17)3/h7-8,12,16,18-20,29H,6,9-11,13H2,1-5H3,(H,26,30)(H,27,31)/t16?,18-,19-,20?,24+,25?/m0/s1. The molecule has 180 valence electrons. The summed E-state index contributed by atoms with van der Waals surface area (Å²) in [5.41, 5.74) is 0.668. The van der Waals surface area contributed by atoms with Crippen LogP contribution in [0.5, 0.6) is 0 Å². The Morgan fingerprint density at radius 2 is 2.00 bits per heavy atom. The SMILES string of the molecule is CCCNC(=O)[C@@H]1[C@H]2C(=O)N(CCO)C(C(=O)Nc3cc(C)ccc3C)C23CC(C)[C@@]1(C)O3. The van der Waals surface area contributed by atoms with Gasteiger partial charge in [-0.2, -0.15) is 0 Å². The van der Waals surface area contributed by atoms with Gasteiger partial charge in [-0.25, -0.2) is 0 Å². The molecule has 2 bridgehead atoms. The number of aliphatic hydroxyl groups excluding tert-OH is 1. The van der Waals surface area contributed by atoms with Gasteiger partial charge in [0, 0.05) is 18.8 Å². The second kappa shape index (κ2) is 8.40. The number of benzene rings is 1. The molecule has 0 saturated carbocycles. The summed E-state index contributed by atoms with van der Waals surface area (Å²) in [4.78, 5) is 42.0. The molecular formula is C25H35N3O5. The first-order valence-corrected chi connectivity index (χ1v) is 11.9. The molecule has 1 spiro atoms. The number of rotatable bonds is 7. The van der Waals surface area contributed by atoms with E-state index < -0.39 is 29.1 Å². The van der Waals surface area contributed by atoms with Crippen LogP contribution in [-0.4, -0.2) is 64.7 Å². The first-order valence-electron chi connectivity index (χ1n) is 11.9. The smallest absolute Gasteiger partial charge is 0.250 e. The van der Waals surface area contributed by atoms with Crippen molar-refractivity contribution in [3.8, 4) is 0 Å². The summed E-state index contributed by atoms with van der Waals surface area (Å²) < 4.78 is 6.60. The molecule has 3 saturated heterocycles. The maximum Gasteiger partial charge on any atom is 0.250 e. The molecule has 0 aromatic heterocycles. The Labute approximate surface area is 195 Å². The van der Waals surface area contributed by atoms with Crippen molar-refractivity contribution in [2.24, 2.45) is 17.8 Å². The third-order valence-electron chi connectivity index (χ3n) is 7.89. The van der Waals surface area contributed by atoms with Crippen LogP contribution < -0.4 is 10.6 Å². The third kappa shape index (κ3) is 3.46. The first-order chi connectivity index (χ1) is 15.6. The number of β-amino-alcohol motifs (C(OH)–C–C–N with tert-alkyl or cyclic N) is 1. The van der Waals surface area contributed by atoms with E-state index in [9.17, 15) is 19.5 Å². The van der Waals surface area contributed by atoms with Crippen molar-refractivity contribution in [3.05, 3.63) is 29.3 Å². The average molecular weight is 458 g/mol. The Kier molecular flexibility index (Phi) is 6.03. The molecule has 8 nitrogen and oxygen atoms in total. The number of aryl methyl sites for hydroxylation is 2. The number of aliphatic hydroxyl groups is 1. The van der Waals surface area contributed by atoms with E-state index in [1.165, 1.54) is 4.90 Å². The van der Waals surface area contributed by atoms with Crippen molar-refractivity contribution >= 4 is 23.4 Å². The maximum absolute atomic E-state index is 13.7. The Bertz CT molecular complexity index is 981. The lowest BCUT2D eigenvalue weighted by Gasteiger charge is -2.36. The van der Waals surface area contributed by atoms with Gasteiger partial charge in [-0.15, -0.1) is 0 Å². The van der Waals surface area contributed by atoms with E-state index in [0.717, 1.165) is 17.5 Å². The van der Waals surface area contributed by atoms with E-state index >= 15 is 0 Å². The monoisotopic (exact) mass is 457 g/mol. The van der Waals surface area contributed by atoms with E-state index in [4.69, 9.17) is 4.74 Å². The normalized spacial score (nSPS) is 34.5. The molecule has 1 aromatic carbocycles. The van der Waals surface area contributed by atoms with Gasteiger partial charge in [0.05, 0.1) is 24.0 Å². The van der Waals surface area contributed by atoms with Gasteiger partial charge in [0.2, 0.25) is 17.7 Å². The number of ether oxygens (including phenoxy) is 1. The van der Waals surface area contributed by atoms with Gasteiger partial charge in [-0.1, -0.05) is 26.0 Å². The summed E-state index contributed by atoms with van der Waals surface area (Å²) in [6.07, 6.45) is 1.29. The van der Waals surface area contributed by atoms with E-state index in [0.29, 0.717) is 18.7 Å². The predicted octanol–water partition coefficient (Wildman–Crippen LogP) is 1.77. The van der Waals surface area contributed by atoms with Gasteiger partial charge >= 0.3 is 0 Å². The fraction of sp³-hybridized carbons (Fsp3) is 0.640. The second-order valence-corrected chi connectivity index (χ2v) is 10.1. The number of hydrogen-bond donors (Lipinski definition) is 3. The zero-order valence-electron chi connectivity index (χ0n) is 20.1. The van der Waals surface area contributed by atoms with Crippen LogP contribution in [0.1, 0.15) is 44.7 Å². The molecule has 3 N–H and O–H groups in total. The second-order valence-electron chi connectivity index (χ2n) is 10.1.